The van der Waals surface area contributed by atoms with Crippen molar-refractivity contribution < 1.29 is 34.7 Å². The van der Waals surface area contributed by atoms with E-state index in [1.165, 1.54) is 4.90 Å². The number of hydrogen-bond acceptors (Lipinski definition) is 8. The molecule has 0 saturated heterocycles. The van der Waals surface area contributed by atoms with Gasteiger partial charge in [0, 0.05) is 31.0 Å². The largest absolute Gasteiger partial charge is 0.493 e. The van der Waals surface area contributed by atoms with Crippen LogP contribution in [-0.4, -0.2) is 88.6 Å². The lowest BCUT2D eigenvalue weighted by molar-refractivity contribution is -0.151. The van der Waals surface area contributed by atoms with Crippen molar-refractivity contribution in [3.63, 3.8) is 0 Å². The molecule has 0 fully saturated rings. The molecule has 0 radical (unpaired) electrons. The average molecular weight is 508 g/mol. The number of amides is 1. The predicted octanol–water partition coefficient (Wildman–Crippen LogP) is 1.77. The van der Waals surface area contributed by atoms with Crippen LogP contribution in [0.5, 0.6) is 5.75 Å². The van der Waals surface area contributed by atoms with E-state index in [-0.39, 0.29) is 25.5 Å². The van der Waals surface area contributed by atoms with E-state index in [0.29, 0.717) is 32.4 Å². The van der Waals surface area contributed by atoms with E-state index in [9.17, 15) is 25.2 Å². The number of carbonyl (C=O) groups excluding carboxylic acids is 1. The number of nitrogens with zero attached hydrogens (tertiary/aromatic N) is 1. The highest BCUT2D eigenvalue weighted by atomic mass is 32.1. The molecule has 35 heavy (non-hydrogen) atoms. The molecule has 0 aliphatic carbocycles. The molecule has 3 rings (SSSR count). The van der Waals surface area contributed by atoms with Crippen LogP contribution in [0.4, 0.5) is 0 Å². The highest BCUT2D eigenvalue weighted by molar-refractivity contribution is 7.09. The summed E-state index contributed by atoms with van der Waals surface area (Å²) in [5.74, 6) is 0.687. The Balaban J connectivity index is 1.73. The normalized spacial score (nSPS) is 23.8. The second-order valence-corrected chi connectivity index (χ2v) is 9.86. The van der Waals surface area contributed by atoms with Gasteiger partial charge >= 0.3 is 0 Å². The summed E-state index contributed by atoms with van der Waals surface area (Å²) in [6.45, 7) is 0.294. The van der Waals surface area contributed by atoms with Crippen LogP contribution in [0.25, 0.3) is 0 Å². The molecule has 4 atom stereocenters. The summed E-state index contributed by atoms with van der Waals surface area (Å²) >= 11 is 1.59. The third kappa shape index (κ3) is 8.56. The van der Waals surface area contributed by atoms with E-state index in [1.807, 2.05) is 41.8 Å². The lowest BCUT2D eigenvalue weighted by Gasteiger charge is -2.33. The Morgan fingerprint density at radius 2 is 1.94 bits per heavy atom. The van der Waals surface area contributed by atoms with E-state index in [2.05, 4.69) is 0 Å². The van der Waals surface area contributed by atoms with Crippen LogP contribution in [0.1, 0.15) is 36.1 Å². The molecule has 9 heteroatoms. The fraction of sp³-hybridized carbons (Fsp3) is 0.577. The van der Waals surface area contributed by atoms with Crippen LogP contribution >= 0.6 is 11.3 Å². The second kappa shape index (κ2) is 14.5. The number of benzene rings is 1. The zero-order valence-corrected chi connectivity index (χ0v) is 20.8. The van der Waals surface area contributed by atoms with Gasteiger partial charge in [0.05, 0.1) is 13.2 Å². The molecule has 2 aromatic rings. The van der Waals surface area contributed by atoms with Crippen molar-refractivity contribution in [1.82, 2.24) is 4.90 Å². The number of ether oxygens (including phenoxy) is 2. The maximum atomic E-state index is 13.0. The molecule has 194 valence electrons. The SMILES string of the molecule is O=C(CCc1cccs1)N1CCCOc2ccccc2CCCCO[C@H]([C@H](O)CO)[C@H](O)[C@H](O)C1. The molecule has 0 unspecified atom stereocenters. The summed E-state index contributed by atoms with van der Waals surface area (Å²) in [4.78, 5) is 15.7. The average Bonchev–Trinajstić information content (AvgIpc) is 3.39. The summed E-state index contributed by atoms with van der Waals surface area (Å²) in [5, 5.41) is 43.1. The Labute approximate surface area is 210 Å². The van der Waals surface area contributed by atoms with Gasteiger partial charge in [-0.25, -0.2) is 0 Å². The molecule has 0 bridgehead atoms. The van der Waals surface area contributed by atoms with Gasteiger partial charge in [0.2, 0.25) is 5.91 Å². The zero-order valence-electron chi connectivity index (χ0n) is 20.0. The maximum Gasteiger partial charge on any atom is 0.223 e. The van der Waals surface area contributed by atoms with E-state index in [1.54, 1.807) is 11.3 Å². The van der Waals surface area contributed by atoms with E-state index >= 15 is 0 Å². The quantitative estimate of drug-likeness (QED) is 0.487. The molecule has 1 aromatic carbocycles. The van der Waals surface area contributed by atoms with Gasteiger partial charge in [-0.2, -0.15) is 0 Å². The first-order valence-electron chi connectivity index (χ1n) is 12.3. The molecule has 8 nitrogen and oxygen atoms in total. The topological polar surface area (TPSA) is 120 Å². The minimum Gasteiger partial charge on any atom is -0.493 e. The number of hydrogen-bond donors (Lipinski definition) is 4. The van der Waals surface area contributed by atoms with Gasteiger partial charge in [0.1, 0.15) is 30.2 Å². The summed E-state index contributed by atoms with van der Waals surface area (Å²) in [6.07, 6.45) is -1.62. The summed E-state index contributed by atoms with van der Waals surface area (Å²) in [7, 11) is 0. The molecule has 0 saturated carbocycles. The van der Waals surface area contributed by atoms with Crippen molar-refractivity contribution in [2.45, 2.75) is 62.9 Å². The zero-order chi connectivity index (χ0) is 25.0. The molecule has 1 aliphatic heterocycles. The maximum absolute atomic E-state index is 13.0. The van der Waals surface area contributed by atoms with Gasteiger partial charge in [-0.1, -0.05) is 24.3 Å². The van der Waals surface area contributed by atoms with Crippen LogP contribution in [-0.2, 0) is 22.4 Å². The number of rotatable bonds is 5. The van der Waals surface area contributed by atoms with Gasteiger partial charge in [-0.05, 0) is 55.2 Å². The number of aryl methyl sites for hydroxylation is 2. The molecule has 0 spiro atoms. The third-order valence-electron chi connectivity index (χ3n) is 6.18. The van der Waals surface area contributed by atoms with Gasteiger partial charge in [0.25, 0.3) is 0 Å². The number of thiophene rings is 1. The van der Waals surface area contributed by atoms with Crippen LogP contribution in [0.2, 0.25) is 0 Å². The third-order valence-corrected chi connectivity index (χ3v) is 7.11. The first kappa shape index (κ1) is 27.6. The summed E-state index contributed by atoms with van der Waals surface area (Å²) in [6, 6.07) is 11.8. The lowest BCUT2D eigenvalue weighted by atomic mass is 10.0. The Bertz CT molecular complexity index is 878. The van der Waals surface area contributed by atoms with Gasteiger partial charge in [0.15, 0.2) is 0 Å². The number of carbonyl (C=O) groups is 1. The molecule has 1 aromatic heterocycles. The predicted molar refractivity (Wildman–Crippen MR) is 134 cm³/mol. The first-order chi connectivity index (χ1) is 17.0. The first-order valence-corrected chi connectivity index (χ1v) is 13.1. The summed E-state index contributed by atoms with van der Waals surface area (Å²) < 4.78 is 11.7. The highest BCUT2D eigenvalue weighted by Crippen LogP contribution is 2.21. The van der Waals surface area contributed by atoms with Gasteiger partial charge in [-0.3, -0.25) is 4.79 Å². The summed E-state index contributed by atoms with van der Waals surface area (Å²) in [5.41, 5.74) is 1.09. The second-order valence-electron chi connectivity index (χ2n) is 8.83. The van der Waals surface area contributed by atoms with Gasteiger partial charge in [-0.15, -0.1) is 11.3 Å². The van der Waals surface area contributed by atoms with E-state index < -0.39 is 31.0 Å². The van der Waals surface area contributed by atoms with Crippen molar-refractivity contribution in [1.29, 1.82) is 0 Å². The molecule has 4 N–H and O–H groups in total. The van der Waals surface area contributed by atoms with Crippen molar-refractivity contribution in [3.8, 4) is 5.75 Å². The monoisotopic (exact) mass is 507 g/mol. The number of fused-ring (bicyclic) bond motifs is 1. The molecule has 2 heterocycles. The molecular formula is C26H37NO7S. The van der Waals surface area contributed by atoms with Crippen LogP contribution in [0.15, 0.2) is 41.8 Å². The number of β-amino-alcohol motifs (C(OH)–C–C–N with tert-alkyl or cyclic N) is 1. The Morgan fingerprint density at radius 1 is 1.11 bits per heavy atom. The Kier molecular flexibility index (Phi) is 11.4. The van der Waals surface area contributed by atoms with E-state index in [0.717, 1.165) is 29.0 Å². The highest BCUT2D eigenvalue weighted by Gasteiger charge is 2.34. The van der Waals surface area contributed by atoms with Gasteiger partial charge < -0.3 is 34.8 Å². The van der Waals surface area contributed by atoms with Crippen molar-refractivity contribution in [2.75, 3.05) is 32.9 Å². The van der Waals surface area contributed by atoms with Crippen molar-refractivity contribution >= 4 is 17.2 Å². The Hall–Kier alpha value is -2.01. The molecule has 1 amide bonds. The number of aliphatic hydroxyl groups excluding tert-OH is 4. The van der Waals surface area contributed by atoms with Crippen LogP contribution in [0, 0.1) is 0 Å². The van der Waals surface area contributed by atoms with Crippen LogP contribution < -0.4 is 4.74 Å². The number of aliphatic hydroxyl groups is 4. The molecule has 1 aliphatic rings. The van der Waals surface area contributed by atoms with E-state index in [4.69, 9.17) is 9.47 Å². The fourth-order valence-corrected chi connectivity index (χ4v) is 4.89. The fourth-order valence-electron chi connectivity index (χ4n) is 4.18. The minimum absolute atomic E-state index is 0.112. The van der Waals surface area contributed by atoms with Crippen molar-refractivity contribution in [3.05, 3.63) is 52.2 Å². The Morgan fingerprint density at radius 3 is 2.71 bits per heavy atom. The van der Waals surface area contributed by atoms with Crippen molar-refractivity contribution in [2.24, 2.45) is 0 Å². The smallest absolute Gasteiger partial charge is 0.223 e. The lowest BCUT2D eigenvalue weighted by Crippen LogP contribution is -2.52. The number of para-hydroxylation sites is 1. The molecular weight excluding hydrogens is 470 g/mol. The minimum atomic E-state index is -1.46. The standard InChI is InChI=1S/C26H37NO7S/c28-18-22(30)26-25(32)21(29)17-27(24(31)12-11-20-9-5-16-35-20)13-6-15-33-23-10-2-1-7-19(23)8-3-4-14-34-26/h1-2,5,7,9-10,16,21-22,25-26,28-30,32H,3-4,6,8,11-15,17-18H2/t21-,22-,25-,26-/m1/s1. The van der Waals surface area contributed by atoms with Crippen LogP contribution in [0.3, 0.4) is 0 Å².